The van der Waals surface area contributed by atoms with Crippen molar-refractivity contribution in [2.24, 2.45) is 12.8 Å². The lowest BCUT2D eigenvalue weighted by molar-refractivity contribution is 0.352. The molecule has 2 rings (SSSR count). The molecule has 1 aliphatic rings. The molecule has 1 aromatic heterocycles. The van der Waals surface area contributed by atoms with Crippen molar-refractivity contribution in [3.8, 4) is 0 Å². The number of aromatic nitrogens is 3. The van der Waals surface area contributed by atoms with E-state index in [1.165, 1.54) is 25.7 Å². The zero-order chi connectivity index (χ0) is 10.0. The van der Waals surface area contributed by atoms with Gasteiger partial charge in [-0.25, -0.2) is 0 Å². The third-order valence-corrected chi connectivity index (χ3v) is 3.15. The van der Waals surface area contributed by atoms with Gasteiger partial charge in [0.1, 0.15) is 6.33 Å². The highest BCUT2D eigenvalue weighted by Crippen LogP contribution is 2.31. The molecular formula is C10H18N4. The summed E-state index contributed by atoms with van der Waals surface area (Å²) in [6.45, 7) is 0. The number of rotatable bonds is 1. The molecular weight excluding hydrogens is 176 g/mol. The Balaban J connectivity index is 2.25. The van der Waals surface area contributed by atoms with Gasteiger partial charge in [0, 0.05) is 7.05 Å². The smallest absolute Gasteiger partial charge is 0.152 e. The molecule has 78 valence electrons. The standard InChI is InChI=1S/C10H18N4/c1-14-8-12-13-9(14)10(11)6-4-2-3-5-7-10/h8H,2-7,11H2,1H3. The summed E-state index contributed by atoms with van der Waals surface area (Å²) in [6, 6.07) is 0. The van der Waals surface area contributed by atoms with Crippen molar-refractivity contribution in [2.75, 3.05) is 0 Å². The molecule has 0 spiro atoms. The zero-order valence-corrected chi connectivity index (χ0v) is 8.74. The SMILES string of the molecule is Cn1cnnc1C1(N)CCCCCC1. The lowest BCUT2D eigenvalue weighted by Crippen LogP contribution is -2.38. The van der Waals surface area contributed by atoms with Gasteiger partial charge in [-0.1, -0.05) is 25.7 Å². The number of hydrogen-bond acceptors (Lipinski definition) is 3. The second-order valence-corrected chi connectivity index (χ2v) is 4.34. The molecule has 0 radical (unpaired) electrons. The molecule has 1 saturated carbocycles. The zero-order valence-electron chi connectivity index (χ0n) is 8.74. The van der Waals surface area contributed by atoms with Gasteiger partial charge in [0.25, 0.3) is 0 Å². The minimum Gasteiger partial charge on any atom is -0.319 e. The molecule has 0 atom stereocenters. The van der Waals surface area contributed by atoms with E-state index in [2.05, 4.69) is 10.2 Å². The Labute approximate surface area is 84.5 Å². The van der Waals surface area contributed by atoms with Gasteiger partial charge in [0.05, 0.1) is 5.54 Å². The number of aryl methyl sites for hydroxylation is 1. The van der Waals surface area contributed by atoms with Crippen molar-refractivity contribution >= 4 is 0 Å². The molecule has 4 nitrogen and oxygen atoms in total. The molecule has 0 unspecified atom stereocenters. The molecule has 0 aromatic carbocycles. The fourth-order valence-electron chi connectivity index (χ4n) is 2.32. The molecule has 0 bridgehead atoms. The lowest BCUT2D eigenvalue weighted by Gasteiger charge is -2.26. The Bertz CT molecular complexity index is 297. The predicted molar refractivity (Wildman–Crippen MR) is 54.6 cm³/mol. The number of hydrogen-bond donors (Lipinski definition) is 1. The molecule has 1 aliphatic carbocycles. The molecule has 14 heavy (non-hydrogen) atoms. The van der Waals surface area contributed by atoms with Crippen LogP contribution in [0.2, 0.25) is 0 Å². The van der Waals surface area contributed by atoms with Gasteiger partial charge in [-0.2, -0.15) is 0 Å². The van der Waals surface area contributed by atoms with Crippen LogP contribution in [0.5, 0.6) is 0 Å². The summed E-state index contributed by atoms with van der Waals surface area (Å²) in [5, 5.41) is 8.05. The second kappa shape index (κ2) is 3.69. The maximum Gasteiger partial charge on any atom is 0.152 e. The quantitative estimate of drug-likeness (QED) is 0.686. The second-order valence-electron chi connectivity index (χ2n) is 4.34. The Kier molecular flexibility index (Phi) is 2.54. The summed E-state index contributed by atoms with van der Waals surface area (Å²) in [5.74, 6) is 0.944. The van der Waals surface area contributed by atoms with Gasteiger partial charge < -0.3 is 10.3 Å². The topological polar surface area (TPSA) is 56.7 Å². The third-order valence-electron chi connectivity index (χ3n) is 3.15. The molecule has 1 aromatic rings. The predicted octanol–water partition coefficient (Wildman–Crippen LogP) is 1.32. The van der Waals surface area contributed by atoms with E-state index in [0.29, 0.717) is 0 Å². The summed E-state index contributed by atoms with van der Waals surface area (Å²) in [4.78, 5) is 0. The minimum atomic E-state index is -0.234. The van der Waals surface area contributed by atoms with Crippen LogP contribution in [0.15, 0.2) is 6.33 Å². The maximum atomic E-state index is 6.40. The van der Waals surface area contributed by atoms with Gasteiger partial charge >= 0.3 is 0 Å². The largest absolute Gasteiger partial charge is 0.319 e. The first-order valence-corrected chi connectivity index (χ1v) is 5.36. The molecule has 0 amide bonds. The molecule has 0 saturated heterocycles. The Morgan fingerprint density at radius 1 is 1.29 bits per heavy atom. The lowest BCUT2D eigenvalue weighted by atomic mass is 9.90. The summed E-state index contributed by atoms with van der Waals surface area (Å²) in [6.07, 6.45) is 8.84. The molecule has 2 N–H and O–H groups in total. The van der Waals surface area contributed by atoms with E-state index in [9.17, 15) is 0 Å². The maximum absolute atomic E-state index is 6.40. The Morgan fingerprint density at radius 2 is 1.93 bits per heavy atom. The van der Waals surface area contributed by atoms with Crippen molar-refractivity contribution in [1.29, 1.82) is 0 Å². The normalized spacial score (nSPS) is 21.9. The van der Waals surface area contributed by atoms with Crippen molar-refractivity contribution in [3.05, 3.63) is 12.2 Å². The van der Waals surface area contributed by atoms with Crippen LogP contribution in [-0.4, -0.2) is 14.8 Å². The van der Waals surface area contributed by atoms with Gasteiger partial charge in [-0.3, -0.25) is 0 Å². The first-order valence-electron chi connectivity index (χ1n) is 5.36. The number of nitrogens with zero attached hydrogens (tertiary/aromatic N) is 3. The van der Waals surface area contributed by atoms with E-state index in [1.54, 1.807) is 6.33 Å². The summed E-state index contributed by atoms with van der Waals surface area (Å²) < 4.78 is 1.95. The fraction of sp³-hybridized carbons (Fsp3) is 0.800. The van der Waals surface area contributed by atoms with Gasteiger partial charge in [0.15, 0.2) is 5.82 Å². The molecule has 4 heteroatoms. The van der Waals surface area contributed by atoms with Crippen molar-refractivity contribution in [3.63, 3.8) is 0 Å². The Hall–Kier alpha value is -0.900. The van der Waals surface area contributed by atoms with Crippen molar-refractivity contribution in [2.45, 2.75) is 44.1 Å². The molecule has 1 fully saturated rings. The average Bonchev–Trinajstić information content (AvgIpc) is 2.46. The average molecular weight is 194 g/mol. The highest BCUT2D eigenvalue weighted by molar-refractivity contribution is 5.05. The van der Waals surface area contributed by atoms with Gasteiger partial charge in [-0.05, 0) is 12.8 Å². The van der Waals surface area contributed by atoms with Crippen LogP contribution < -0.4 is 5.73 Å². The van der Waals surface area contributed by atoms with E-state index in [1.807, 2.05) is 11.6 Å². The van der Waals surface area contributed by atoms with Crippen LogP contribution in [0, 0.1) is 0 Å². The van der Waals surface area contributed by atoms with E-state index in [4.69, 9.17) is 5.73 Å². The van der Waals surface area contributed by atoms with Crippen LogP contribution in [0.3, 0.4) is 0 Å². The van der Waals surface area contributed by atoms with Crippen LogP contribution in [-0.2, 0) is 12.6 Å². The molecule has 0 aliphatic heterocycles. The van der Waals surface area contributed by atoms with Crippen LogP contribution in [0.1, 0.15) is 44.3 Å². The molecule has 1 heterocycles. The van der Waals surface area contributed by atoms with E-state index in [-0.39, 0.29) is 5.54 Å². The first-order chi connectivity index (χ1) is 6.72. The summed E-state index contributed by atoms with van der Waals surface area (Å²) >= 11 is 0. The Morgan fingerprint density at radius 3 is 2.43 bits per heavy atom. The van der Waals surface area contributed by atoms with Crippen LogP contribution in [0.25, 0.3) is 0 Å². The number of nitrogens with two attached hydrogens (primary N) is 1. The monoisotopic (exact) mass is 194 g/mol. The highest BCUT2D eigenvalue weighted by Gasteiger charge is 2.32. The van der Waals surface area contributed by atoms with E-state index < -0.39 is 0 Å². The third kappa shape index (κ3) is 1.66. The van der Waals surface area contributed by atoms with E-state index >= 15 is 0 Å². The van der Waals surface area contributed by atoms with Gasteiger partial charge in [-0.15, -0.1) is 10.2 Å². The van der Waals surface area contributed by atoms with Crippen LogP contribution in [0.4, 0.5) is 0 Å². The highest BCUT2D eigenvalue weighted by atomic mass is 15.3. The minimum absolute atomic E-state index is 0.234. The summed E-state index contributed by atoms with van der Waals surface area (Å²) in [7, 11) is 1.97. The first kappa shape index (κ1) is 9.65. The van der Waals surface area contributed by atoms with Crippen molar-refractivity contribution < 1.29 is 0 Å². The summed E-state index contributed by atoms with van der Waals surface area (Å²) in [5.41, 5.74) is 6.17. The van der Waals surface area contributed by atoms with Gasteiger partial charge in [0.2, 0.25) is 0 Å². The van der Waals surface area contributed by atoms with Crippen molar-refractivity contribution in [1.82, 2.24) is 14.8 Å². The fourth-order valence-corrected chi connectivity index (χ4v) is 2.32. The van der Waals surface area contributed by atoms with Crippen LogP contribution >= 0.6 is 0 Å². The van der Waals surface area contributed by atoms with E-state index in [0.717, 1.165) is 18.7 Å².